The van der Waals surface area contributed by atoms with E-state index in [9.17, 15) is 0 Å². The average Bonchev–Trinajstić information content (AvgIpc) is 3.06. The van der Waals surface area contributed by atoms with Gasteiger partial charge in [0.1, 0.15) is 11.2 Å². The minimum atomic E-state index is 0.104. The summed E-state index contributed by atoms with van der Waals surface area (Å²) in [5.74, 6) is 0.721. The summed E-state index contributed by atoms with van der Waals surface area (Å²) in [7, 11) is 0. The first kappa shape index (κ1) is 14.1. The van der Waals surface area contributed by atoms with Crippen LogP contribution in [0.5, 0.6) is 0 Å². The van der Waals surface area contributed by atoms with E-state index < -0.39 is 0 Å². The van der Waals surface area contributed by atoms with E-state index in [0.29, 0.717) is 0 Å². The maximum Gasteiger partial charge on any atom is 0.158 e. The number of fused-ring (bicyclic) bond motifs is 1. The van der Waals surface area contributed by atoms with Crippen molar-refractivity contribution < 1.29 is 0 Å². The lowest BCUT2D eigenvalue weighted by Crippen LogP contribution is -2.07. The Morgan fingerprint density at radius 2 is 2.10 bits per heavy atom. The monoisotopic (exact) mass is 317 g/mol. The third-order valence-electron chi connectivity index (χ3n) is 2.89. The molecule has 0 bridgehead atoms. The molecule has 0 spiro atoms. The molecule has 0 atom stereocenters. The van der Waals surface area contributed by atoms with Crippen molar-refractivity contribution in [2.45, 2.75) is 26.2 Å². The summed E-state index contributed by atoms with van der Waals surface area (Å²) in [6.45, 7) is 6.58. The number of hydrogen-bond donors (Lipinski definition) is 1. The lowest BCUT2D eigenvalue weighted by atomic mass is 9.94. The Morgan fingerprint density at radius 3 is 2.81 bits per heavy atom. The molecule has 0 aromatic carbocycles. The molecular weight excluding hydrogens is 302 g/mol. The minimum Gasteiger partial charge on any atom is -0.261 e. The second-order valence-electron chi connectivity index (χ2n) is 5.59. The van der Waals surface area contributed by atoms with Crippen LogP contribution >= 0.6 is 22.7 Å². The van der Waals surface area contributed by atoms with Crippen molar-refractivity contribution in [3.05, 3.63) is 33.9 Å². The van der Waals surface area contributed by atoms with Crippen LogP contribution < -0.4 is 5.43 Å². The summed E-state index contributed by atoms with van der Waals surface area (Å²) in [5.41, 5.74) is 5.69. The zero-order valence-electron chi connectivity index (χ0n) is 12.0. The highest BCUT2D eigenvalue weighted by molar-refractivity contribution is 7.18. The van der Waals surface area contributed by atoms with Gasteiger partial charge in [-0.3, -0.25) is 5.43 Å². The van der Waals surface area contributed by atoms with Gasteiger partial charge in [-0.2, -0.15) is 5.10 Å². The van der Waals surface area contributed by atoms with Crippen LogP contribution in [0.4, 0.5) is 5.82 Å². The molecule has 21 heavy (non-hydrogen) atoms. The molecule has 0 aliphatic heterocycles. The van der Waals surface area contributed by atoms with Crippen LogP contribution in [0.1, 0.15) is 31.3 Å². The summed E-state index contributed by atoms with van der Waals surface area (Å²) in [4.78, 5) is 15.0. The number of thiophene rings is 1. The largest absolute Gasteiger partial charge is 0.261 e. The normalized spacial score (nSPS) is 12.3. The molecule has 0 saturated heterocycles. The highest BCUT2D eigenvalue weighted by Crippen LogP contribution is 2.35. The van der Waals surface area contributed by atoms with Crippen LogP contribution in [0.25, 0.3) is 10.2 Å². The Morgan fingerprint density at radius 1 is 1.24 bits per heavy atom. The summed E-state index contributed by atoms with van der Waals surface area (Å²) in [5, 5.41) is 7.13. The first-order valence-electron chi connectivity index (χ1n) is 6.46. The molecular formula is C14H15N5S2. The van der Waals surface area contributed by atoms with Crippen LogP contribution in [0, 0.1) is 0 Å². The third-order valence-corrected chi connectivity index (χ3v) is 4.96. The summed E-state index contributed by atoms with van der Waals surface area (Å²) >= 11 is 3.24. The van der Waals surface area contributed by atoms with Crippen LogP contribution in [0.15, 0.2) is 28.4 Å². The van der Waals surface area contributed by atoms with E-state index in [0.717, 1.165) is 21.7 Å². The maximum absolute atomic E-state index is 4.34. The smallest absolute Gasteiger partial charge is 0.158 e. The summed E-state index contributed by atoms with van der Waals surface area (Å²) in [6.07, 6.45) is 3.24. The molecule has 3 rings (SSSR count). The number of aromatic nitrogens is 3. The van der Waals surface area contributed by atoms with Crippen molar-refractivity contribution in [2.75, 3.05) is 5.43 Å². The van der Waals surface area contributed by atoms with Gasteiger partial charge in [0.25, 0.3) is 0 Å². The SMILES string of the molecule is CC(C)(C)c1cc2c(NN=Cc3cscn3)ncnc2s1. The second-order valence-corrected chi connectivity index (χ2v) is 7.33. The van der Waals surface area contributed by atoms with E-state index in [-0.39, 0.29) is 5.41 Å². The van der Waals surface area contributed by atoms with Gasteiger partial charge in [0.2, 0.25) is 0 Å². The highest BCUT2D eigenvalue weighted by Gasteiger charge is 2.18. The van der Waals surface area contributed by atoms with Crippen molar-refractivity contribution in [1.82, 2.24) is 15.0 Å². The van der Waals surface area contributed by atoms with E-state index in [1.165, 1.54) is 4.88 Å². The Labute approximate surface area is 130 Å². The second kappa shape index (κ2) is 5.50. The van der Waals surface area contributed by atoms with Crippen molar-refractivity contribution in [1.29, 1.82) is 0 Å². The Balaban J connectivity index is 1.90. The fourth-order valence-corrected chi connectivity index (χ4v) is 3.32. The molecule has 0 fully saturated rings. The molecule has 0 amide bonds. The van der Waals surface area contributed by atoms with Gasteiger partial charge in [0.05, 0.1) is 22.8 Å². The van der Waals surface area contributed by atoms with Crippen molar-refractivity contribution in [2.24, 2.45) is 5.10 Å². The Hall–Kier alpha value is -1.86. The lowest BCUT2D eigenvalue weighted by Gasteiger charge is -2.14. The molecule has 1 N–H and O–H groups in total. The minimum absolute atomic E-state index is 0.104. The molecule has 0 unspecified atom stereocenters. The molecule has 0 aliphatic carbocycles. The topological polar surface area (TPSA) is 63.1 Å². The highest BCUT2D eigenvalue weighted by atomic mass is 32.1. The van der Waals surface area contributed by atoms with Gasteiger partial charge in [0, 0.05) is 10.3 Å². The van der Waals surface area contributed by atoms with Crippen LogP contribution in [-0.4, -0.2) is 21.2 Å². The number of nitrogens with one attached hydrogen (secondary N) is 1. The van der Waals surface area contributed by atoms with Gasteiger partial charge in [-0.15, -0.1) is 22.7 Å². The average molecular weight is 317 g/mol. The fourth-order valence-electron chi connectivity index (χ4n) is 1.76. The standard InChI is InChI=1S/C14H15N5S2/c1-14(2,3)11-4-10-12(15-7-16-13(10)21-11)19-18-5-9-6-20-8-17-9/h4-8H,1-3H3,(H,15,16,19). The van der Waals surface area contributed by atoms with Gasteiger partial charge >= 0.3 is 0 Å². The van der Waals surface area contributed by atoms with Gasteiger partial charge in [-0.25, -0.2) is 15.0 Å². The van der Waals surface area contributed by atoms with Gasteiger partial charge in [0.15, 0.2) is 5.82 Å². The molecule has 3 aromatic rings. The van der Waals surface area contributed by atoms with Crippen molar-refractivity contribution in [3.8, 4) is 0 Å². The molecule has 3 heterocycles. The molecule has 0 radical (unpaired) electrons. The first-order chi connectivity index (χ1) is 10.0. The van der Waals surface area contributed by atoms with Gasteiger partial charge < -0.3 is 0 Å². The zero-order valence-corrected chi connectivity index (χ0v) is 13.6. The molecule has 5 nitrogen and oxygen atoms in total. The number of hydrogen-bond acceptors (Lipinski definition) is 7. The predicted molar refractivity (Wildman–Crippen MR) is 89.4 cm³/mol. The lowest BCUT2D eigenvalue weighted by molar-refractivity contribution is 0.604. The summed E-state index contributed by atoms with van der Waals surface area (Å²) in [6, 6.07) is 2.14. The summed E-state index contributed by atoms with van der Waals surface area (Å²) < 4.78 is 0. The van der Waals surface area contributed by atoms with E-state index in [1.54, 1.807) is 40.7 Å². The molecule has 0 saturated carbocycles. The Bertz CT molecular complexity index is 768. The van der Waals surface area contributed by atoms with Gasteiger partial charge in [-0.1, -0.05) is 20.8 Å². The molecule has 3 aromatic heterocycles. The fraction of sp³-hybridized carbons (Fsp3) is 0.286. The molecule has 7 heteroatoms. The number of rotatable bonds is 3. The van der Waals surface area contributed by atoms with E-state index >= 15 is 0 Å². The maximum atomic E-state index is 4.34. The van der Waals surface area contributed by atoms with Crippen molar-refractivity contribution >= 4 is 44.9 Å². The van der Waals surface area contributed by atoms with Gasteiger partial charge in [-0.05, 0) is 11.5 Å². The third kappa shape index (κ3) is 3.08. The zero-order chi connectivity index (χ0) is 14.9. The number of anilines is 1. The first-order valence-corrected chi connectivity index (χ1v) is 8.22. The molecule has 0 aliphatic rings. The molecule has 108 valence electrons. The van der Waals surface area contributed by atoms with Crippen molar-refractivity contribution in [3.63, 3.8) is 0 Å². The van der Waals surface area contributed by atoms with E-state index in [2.05, 4.69) is 52.3 Å². The number of thiazole rings is 1. The van der Waals surface area contributed by atoms with Crippen LogP contribution in [0.2, 0.25) is 0 Å². The van der Waals surface area contributed by atoms with Crippen LogP contribution in [-0.2, 0) is 5.41 Å². The quantitative estimate of drug-likeness (QED) is 0.588. The Kier molecular flexibility index (Phi) is 3.69. The van der Waals surface area contributed by atoms with E-state index in [4.69, 9.17) is 0 Å². The van der Waals surface area contributed by atoms with Crippen LogP contribution in [0.3, 0.4) is 0 Å². The van der Waals surface area contributed by atoms with E-state index in [1.807, 2.05) is 5.38 Å². The number of hydrazone groups is 1. The predicted octanol–water partition coefficient (Wildman–Crippen LogP) is 3.89. The number of nitrogens with zero attached hydrogens (tertiary/aromatic N) is 4.